The van der Waals surface area contributed by atoms with Crippen molar-refractivity contribution in [2.24, 2.45) is 0 Å². The lowest BCUT2D eigenvalue weighted by atomic mass is 10.1. The number of hydrogen-bond acceptors (Lipinski definition) is 6. The molecule has 0 aliphatic carbocycles. The van der Waals surface area contributed by atoms with Crippen LogP contribution < -0.4 is 14.8 Å². The molecule has 1 N–H and O–H groups in total. The van der Waals surface area contributed by atoms with Gasteiger partial charge in [-0.2, -0.15) is 0 Å². The first-order chi connectivity index (χ1) is 15.1. The Kier molecular flexibility index (Phi) is 6.79. The van der Waals surface area contributed by atoms with Gasteiger partial charge in [0.2, 0.25) is 5.91 Å². The maximum absolute atomic E-state index is 13.1. The number of ether oxygens (including phenoxy) is 2. The molecule has 1 fully saturated rings. The summed E-state index contributed by atoms with van der Waals surface area (Å²) in [6.45, 7) is 0.460. The second kappa shape index (κ2) is 9.89. The summed E-state index contributed by atoms with van der Waals surface area (Å²) in [5.41, 5.74) is 1.17. The van der Waals surface area contributed by atoms with E-state index in [4.69, 9.17) is 9.47 Å². The van der Waals surface area contributed by atoms with E-state index in [1.165, 1.54) is 0 Å². The van der Waals surface area contributed by atoms with Crippen LogP contribution in [0, 0.1) is 0 Å². The minimum absolute atomic E-state index is 0.179. The number of carbonyl (C=O) groups excluding carboxylic acids is 2. The number of thioether (sulfide) groups is 1. The Hall–Kier alpha value is -2.97. The summed E-state index contributed by atoms with van der Waals surface area (Å²) in [6.07, 6.45) is 0. The number of anilines is 1. The van der Waals surface area contributed by atoms with Gasteiger partial charge in [-0.3, -0.25) is 9.59 Å². The average molecular weight is 455 g/mol. The highest BCUT2D eigenvalue weighted by Crippen LogP contribution is 2.26. The fourth-order valence-electron chi connectivity index (χ4n) is 3.19. The number of methoxy groups -OCH3 is 1. The topological polar surface area (TPSA) is 67.9 Å². The van der Waals surface area contributed by atoms with Crippen LogP contribution in [0.5, 0.6) is 11.5 Å². The molecule has 2 heterocycles. The van der Waals surface area contributed by atoms with Crippen LogP contribution in [0.4, 0.5) is 5.69 Å². The first-order valence-electron chi connectivity index (χ1n) is 9.73. The third-order valence-electron chi connectivity index (χ3n) is 4.85. The summed E-state index contributed by atoms with van der Waals surface area (Å²) >= 11 is 3.19. The van der Waals surface area contributed by atoms with Crippen molar-refractivity contribution < 1.29 is 19.1 Å². The Balaban J connectivity index is 1.42. The molecule has 8 heteroatoms. The first kappa shape index (κ1) is 21.3. The monoisotopic (exact) mass is 454 g/mol. The van der Waals surface area contributed by atoms with Gasteiger partial charge in [0.1, 0.15) is 24.1 Å². The van der Waals surface area contributed by atoms with E-state index in [1.54, 1.807) is 77.6 Å². The highest BCUT2D eigenvalue weighted by molar-refractivity contribution is 7.99. The molecule has 0 saturated carbocycles. The van der Waals surface area contributed by atoms with Crippen LogP contribution in [0.2, 0.25) is 0 Å². The zero-order chi connectivity index (χ0) is 21.6. The van der Waals surface area contributed by atoms with Crippen molar-refractivity contribution in [3.8, 4) is 11.5 Å². The summed E-state index contributed by atoms with van der Waals surface area (Å²) in [4.78, 5) is 28.7. The summed E-state index contributed by atoms with van der Waals surface area (Å²) in [7, 11) is 1.59. The zero-order valence-electron chi connectivity index (χ0n) is 16.9. The number of thiophene rings is 1. The van der Waals surface area contributed by atoms with Gasteiger partial charge in [-0.25, -0.2) is 0 Å². The molecule has 1 aliphatic rings. The molecule has 0 spiro atoms. The van der Waals surface area contributed by atoms with Crippen molar-refractivity contribution in [1.82, 2.24) is 4.90 Å². The number of nitrogens with zero attached hydrogens (tertiary/aromatic N) is 1. The highest BCUT2D eigenvalue weighted by Gasteiger charge is 2.35. The standard InChI is InChI=1S/C23H22N2O4S2/c1-28-18-9-7-17(8-10-18)24-22(26)21-14-30-15-25(21)23(27)16-4-2-5-19(12-16)29-13-20-6-3-11-31-20/h2-12,21H,13-15H2,1H3,(H,24,26). The van der Waals surface area contributed by atoms with E-state index in [9.17, 15) is 9.59 Å². The van der Waals surface area contributed by atoms with Gasteiger partial charge in [0.05, 0.1) is 13.0 Å². The molecule has 1 saturated heterocycles. The Morgan fingerprint density at radius 3 is 2.68 bits per heavy atom. The van der Waals surface area contributed by atoms with Gasteiger partial charge in [-0.05, 0) is 53.9 Å². The van der Waals surface area contributed by atoms with Crippen molar-refractivity contribution in [2.45, 2.75) is 12.6 Å². The van der Waals surface area contributed by atoms with Crippen LogP contribution in [0.3, 0.4) is 0 Å². The number of amides is 2. The molecule has 0 bridgehead atoms. The van der Waals surface area contributed by atoms with Crippen LogP contribution in [-0.2, 0) is 11.4 Å². The van der Waals surface area contributed by atoms with Crippen molar-refractivity contribution in [3.05, 3.63) is 76.5 Å². The number of hydrogen-bond donors (Lipinski definition) is 1. The minimum atomic E-state index is -0.532. The molecule has 1 unspecified atom stereocenters. The Bertz CT molecular complexity index is 1040. The lowest BCUT2D eigenvalue weighted by Gasteiger charge is -2.23. The van der Waals surface area contributed by atoms with Gasteiger partial charge in [-0.1, -0.05) is 12.1 Å². The third kappa shape index (κ3) is 5.21. The van der Waals surface area contributed by atoms with Gasteiger partial charge in [-0.15, -0.1) is 23.1 Å². The normalized spacial score (nSPS) is 15.5. The largest absolute Gasteiger partial charge is 0.497 e. The van der Waals surface area contributed by atoms with E-state index in [-0.39, 0.29) is 11.8 Å². The number of nitrogens with one attached hydrogen (secondary N) is 1. The summed E-state index contributed by atoms with van der Waals surface area (Å²) in [5.74, 6) is 2.00. The lowest BCUT2D eigenvalue weighted by Crippen LogP contribution is -2.44. The fraction of sp³-hybridized carbons (Fsp3) is 0.217. The van der Waals surface area contributed by atoms with Crippen LogP contribution in [0.25, 0.3) is 0 Å². The third-order valence-corrected chi connectivity index (χ3v) is 6.71. The van der Waals surface area contributed by atoms with Crippen molar-refractivity contribution >= 4 is 40.6 Å². The van der Waals surface area contributed by atoms with E-state index >= 15 is 0 Å². The molecule has 1 aromatic heterocycles. The van der Waals surface area contributed by atoms with E-state index in [1.807, 2.05) is 23.6 Å². The van der Waals surface area contributed by atoms with Crippen LogP contribution >= 0.6 is 23.1 Å². The van der Waals surface area contributed by atoms with E-state index < -0.39 is 6.04 Å². The summed E-state index contributed by atoms with van der Waals surface area (Å²) < 4.78 is 11.0. The van der Waals surface area contributed by atoms with Crippen molar-refractivity contribution in [1.29, 1.82) is 0 Å². The number of carbonyl (C=O) groups is 2. The molecule has 31 heavy (non-hydrogen) atoms. The van der Waals surface area contributed by atoms with E-state index in [0.717, 1.165) is 4.88 Å². The van der Waals surface area contributed by atoms with Gasteiger partial charge in [0.15, 0.2) is 0 Å². The van der Waals surface area contributed by atoms with Crippen LogP contribution in [0.1, 0.15) is 15.2 Å². The number of rotatable bonds is 7. The number of benzene rings is 2. The zero-order valence-corrected chi connectivity index (χ0v) is 18.6. The SMILES string of the molecule is COc1ccc(NC(=O)C2CSCN2C(=O)c2cccc(OCc3cccs3)c2)cc1. The van der Waals surface area contributed by atoms with Gasteiger partial charge in [0, 0.05) is 21.9 Å². The molecule has 160 valence electrons. The molecule has 3 aromatic rings. The van der Waals surface area contributed by atoms with Gasteiger partial charge >= 0.3 is 0 Å². The van der Waals surface area contributed by atoms with E-state index in [0.29, 0.717) is 41.0 Å². The predicted octanol–water partition coefficient (Wildman–Crippen LogP) is 4.49. The molecule has 4 rings (SSSR count). The highest BCUT2D eigenvalue weighted by atomic mass is 32.2. The van der Waals surface area contributed by atoms with Crippen molar-refractivity contribution in [2.75, 3.05) is 24.1 Å². The smallest absolute Gasteiger partial charge is 0.255 e. The Morgan fingerprint density at radius 1 is 1.10 bits per heavy atom. The molecular weight excluding hydrogens is 432 g/mol. The molecule has 2 amide bonds. The fourth-order valence-corrected chi connectivity index (χ4v) is 4.96. The second-order valence-electron chi connectivity index (χ2n) is 6.90. The quantitative estimate of drug-likeness (QED) is 0.570. The predicted molar refractivity (Wildman–Crippen MR) is 124 cm³/mol. The van der Waals surface area contributed by atoms with Crippen molar-refractivity contribution in [3.63, 3.8) is 0 Å². The molecule has 0 radical (unpaired) electrons. The van der Waals surface area contributed by atoms with Crippen LogP contribution in [-0.4, -0.2) is 41.5 Å². The molecular formula is C23H22N2O4S2. The summed E-state index contributed by atoms with van der Waals surface area (Å²) in [5, 5.41) is 4.89. The molecule has 1 aliphatic heterocycles. The van der Waals surface area contributed by atoms with E-state index in [2.05, 4.69) is 5.32 Å². The molecule has 1 atom stereocenters. The molecule has 6 nitrogen and oxygen atoms in total. The van der Waals surface area contributed by atoms with Gasteiger partial charge < -0.3 is 19.7 Å². The van der Waals surface area contributed by atoms with Crippen LogP contribution in [0.15, 0.2) is 66.0 Å². The Labute approximate surface area is 189 Å². The summed E-state index contributed by atoms with van der Waals surface area (Å²) in [6, 6.07) is 17.7. The maximum Gasteiger partial charge on any atom is 0.255 e. The average Bonchev–Trinajstić information content (AvgIpc) is 3.50. The first-order valence-corrected chi connectivity index (χ1v) is 11.8. The lowest BCUT2D eigenvalue weighted by molar-refractivity contribution is -0.119. The minimum Gasteiger partial charge on any atom is -0.497 e. The second-order valence-corrected chi connectivity index (χ2v) is 8.94. The van der Waals surface area contributed by atoms with Gasteiger partial charge in [0.25, 0.3) is 5.91 Å². The Morgan fingerprint density at radius 2 is 1.94 bits per heavy atom. The molecule has 2 aromatic carbocycles. The maximum atomic E-state index is 13.1.